The number of amides is 1. The van der Waals surface area contributed by atoms with E-state index in [1.165, 1.54) is 12.8 Å². The van der Waals surface area contributed by atoms with Crippen molar-refractivity contribution in [1.82, 2.24) is 10.2 Å². The van der Waals surface area contributed by atoms with Crippen LogP contribution < -0.4 is 5.32 Å². The zero-order valence-electron chi connectivity index (χ0n) is 15.9. The minimum absolute atomic E-state index is 0.0221. The molecule has 3 unspecified atom stereocenters. The van der Waals surface area contributed by atoms with Crippen LogP contribution in [0.2, 0.25) is 0 Å². The van der Waals surface area contributed by atoms with E-state index in [-0.39, 0.29) is 17.9 Å². The fourth-order valence-corrected chi connectivity index (χ4v) is 5.35. The van der Waals surface area contributed by atoms with E-state index < -0.39 is 5.60 Å². The number of carbonyl (C=O) groups is 1. The minimum Gasteiger partial charge on any atom is -0.375 e. The van der Waals surface area contributed by atoms with Crippen LogP contribution in [0, 0.1) is 17.8 Å². The Kier molecular flexibility index (Phi) is 5.07. The topological polar surface area (TPSA) is 52.6 Å². The highest BCUT2D eigenvalue weighted by molar-refractivity contribution is 5.87. The van der Waals surface area contributed by atoms with Gasteiger partial charge in [0.25, 0.3) is 5.91 Å². The first-order chi connectivity index (χ1) is 12.6. The second-order valence-electron chi connectivity index (χ2n) is 8.55. The molecule has 1 aromatic carbocycles. The summed E-state index contributed by atoms with van der Waals surface area (Å²) in [5, 5.41) is 14.9. The largest absolute Gasteiger partial charge is 0.375 e. The third kappa shape index (κ3) is 3.18. The van der Waals surface area contributed by atoms with Gasteiger partial charge < -0.3 is 15.3 Å². The van der Waals surface area contributed by atoms with Crippen molar-refractivity contribution in [2.45, 2.75) is 57.1 Å². The van der Waals surface area contributed by atoms with Gasteiger partial charge in [-0.15, -0.1) is 0 Å². The molecule has 4 nitrogen and oxygen atoms in total. The number of fused-ring (bicyclic) bond motifs is 1. The Balaban J connectivity index is 1.47. The number of likely N-dealkylation sites (tertiary alicyclic amines) is 1. The molecule has 2 aliphatic carbocycles. The molecule has 26 heavy (non-hydrogen) atoms. The number of carbonyl (C=O) groups excluding carboxylic acids is 1. The summed E-state index contributed by atoms with van der Waals surface area (Å²) in [6, 6.07) is 9.86. The summed E-state index contributed by atoms with van der Waals surface area (Å²) in [6.07, 6.45) is 6.47. The van der Waals surface area contributed by atoms with Gasteiger partial charge >= 0.3 is 0 Å². The van der Waals surface area contributed by atoms with E-state index in [9.17, 15) is 9.90 Å². The van der Waals surface area contributed by atoms with Gasteiger partial charge in [0.2, 0.25) is 0 Å². The van der Waals surface area contributed by atoms with Gasteiger partial charge in [0.1, 0.15) is 0 Å². The van der Waals surface area contributed by atoms with Crippen molar-refractivity contribution in [3.8, 4) is 0 Å². The maximum atomic E-state index is 13.3. The van der Waals surface area contributed by atoms with E-state index in [4.69, 9.17) is 0 Å². The van der Waals surface area contributed by atoms with E-state index in [1.807, 2.05) is 30.3 Å². The molecular weight excluding hydrogens is 324 g/mol. The van der Waals surface area contributed by atoms with Crippen LogP contribution in [0.5, 0.6) is 0 Å². The van der Waals surface area contributed by atoms with Gasteiger partial charge in [0.15, 0.2) is 5.60 Å². The zero-order chi connectivity index (χ0) is 18.1. The molecule has 3 atom stereocenters. The molecule has 1 aliphatic heterocycles. The Morgan fingerprint density at radius 1 is 1.15 bits per heavy atom. The predicted molar refractivity (Wildman–Crippen MR) is 103 cm³/mol. The molecule has 2 saturated carbocycles. The van der Waals surface area contributed by atoms with Crippen LogP contribution in [-0.2, 0) is 10.4 Å². The van der Waals surface area contributed by atoms with Gasteiger partial charge in [-0.1, -0.05) is 56.5 Å². The first kappa shape index (κ1) is 18.0. The maximum absolute atomic E-state index is 13.3. The van der Waals surface area contributed by atoms with Crippen molar-refractivity contribution in [2.24, 2.45) is 17.8 Å². The molecule has 1 heterocycles. The SMILES string of the molecule is CCCN1CC2C(C1)C2NC(=O)C(O)(c1ccccc1)C1CCCCC1. The summed E-state index contributed by atoms with van der Waals surface area (Å²) in [5.41, 5.74) is -0.635. The lowest BCUT2D eigenvalue weighted by molar-refractivity contribution is -0.149. The predicted octanol–water partition coefficient (Wildman–Crippen LogP) is 2.91. The second-order valence-corrected chi connectivity index (χ2v) is 8.55. The van der Waals surface area contributed by atoms with Crippen molar-refractivity contribution in [3.63, 3.8) is 0 Å². The van der Waals surface area contributed by atoms with E-state index in [0.717, 1.165) is 50.9 Å². The van der Waals surface area contributed by atoms with Crippen LogP contribution in [-0.4, -0.2) is 41.6 Å². The van der Waals surface area contributed by atoms with Crippen LogP contribution in [0.15, 0.2) is 30.3 Å². The Morgan fingerprint density at radius 3 is 2.42 bits per heavy atom. The van der Waals surface area contributed by atoms with E-state index in [1.54, 1.807) is 0 Å². The van der Waals surface area contributed by atoms with Crippen LogP contribution >= 0.6 is 0 Å². The highest BCUT2D eigenvalue weighted by Crippen LogP contribution is 2.47. The molecule has 0 bridgehead atoms. The minimum atomic E-state index is -1.39. The molecule has 4 heteroatoms. The summed E-state index contributed by atoms with van der Waals surface area (Å²) in [4.78, 5) is 15.8. The van der Waals surface area contributed by atoms with Crippen molar-refractivity contribution >= 4 is 5.91 Å². The van der Waals surface area contributed by atoms with Crippen LogP contribution in [0.1, 0.15) is 51.0 Å². The van der Waals surface area contributed by atoms with Crippen molar-refractivity contribution in [1.29, 1.82) is 0 Å². The Hall–Kier alpha value is -1.39. The standard InChI is InChI=1S/C22H32N2O2/c1-2-13-24-14-18-19(15-24)20(18)23-21(25)22(26,16-9-5-3-6-10-16)17-11-7-4-8-12-17/h3,5-6,9-10,17-20,26H,2,4,7-8,11-15H2,1H3,(H,23,25). The quantitative estimate of drug-likeness (QED) is 0.824. The third-order valence-electron chi connectivity index (χ3n) is 6.86. The van der Waals surface area contributed by atoms with Gasteiger partial charge in [0, 0.05) is 25.0 Å². The first-order valence-electron chi connectivity index (χ1n) is 10.5. The number of aliphatic hydroxyl groups is 1. The fraction of sp³-hybridized carbons (Fsp3) is 0.682. The number of nitrogens with zero attached hydrogens (tertiary/aromatic N) is 1. The number of piperidine rings is 1. The van der Waals surface area contributed by atoms with E-state index in [0.29, 0.717) is 11.8 Å². The number of benzene rings is 1. The molecule has 1 amide bonds. The molecule has 0 radical (unpaired) electrons. The molecule has 0 spiro atoms. The fourth-order valence-electron chi connectivity index (χ4n) is 5.35. The Bertz CT molecular complexity index is 616. The molecular formula is C22H32N2O2. The first-order valence-corrected chi connectivity index (χ1v) is 10.5. The van der Waals surface area contributed by atoms with Gasteiger partial charge in [-0.05, 0) is 43.2 Å². The Labute approximate surface area is 157 Å². The van der Waals surface area contributed by atoms with E-state index in [2.05, 4.69) is 17.1 Å². The van der Waals surface area contributed by atoms with Crippen molar-refractivity contribution < 1.29 is 9.90 Å². The van der Waals surface area contributed by atoms with Crippen molar-refractivity contribution in [2.75, 3.05) is 19.6 Å². The summed E-state index contributed by atoms with van der Waals surface area (Å²) >= 11 is 0. The van der Waals surface area contributed by atoms with Crippen LogP contribution in [0.25, 0.3) is 0 Å². The maximum Gasteiger partial charge on any atom is 0.257 e. The lowest BCUT2D eigenvalue weighted by Gasteiger charge is -2.38. The van der Waals surface area contributed by atoms with Crippen LogP contribution in [0.3, 0.4) is 0 Å². The van der Waals surface area contributed by atoms with E-state index >= 15 is 0 Å². The average molecular weight is 357 g/mol. The Morgan fingerprint density at radius 2 is 1.81 bits per heavy atom. The highest BCUT2D eigenvalue weighted by atomic mass is 16.3. The van der Waals surface area contributed by atoms with Crippen LogP contribution in [0.4, 0.5) is 0 Å². The second kappa shape index (κ2) is 7.32. The number of hydrogen-bond acceptors (Lipinski definition) is 3. The summed E-state index contributed by atoms with van der Waals surface area (Å²) in [6.45, 7) is 5.56. The monoisotopic (exact) mass is 356 g/mol. The van der Waals surface area contributed by atoms with Gasteiger partial charge in [-0.25, -0.2) is 0 Å². The number of rotatable bonds is 6. The lowest BCUT2D eigenvalue weighted by Crippen LogP contribution is -2.51. The summed E-state index contributed by atoms with van der Waals surface area (Å²) in [5.74, 6) is 1.01. The molecule has 142 valence electrons. The molecule has 1 aromatic rings. The smallest absolute Gasteiger partial charge is 0.257 e. The molecule has 3 fully saturated rings. The third-order valence-corrected chi connectivity index (χ3v) is 6.86. The van der Waals surface area contributed by atoms with Crippen molar-refractivity contribution in [3.05, 3.63) is 35.9 Å². The molecule has 1 saturated heterocycles. The molecule has 2 N–H and O–H groups in total. The van der Waals surface area contributed by atoms with Gasteiger partial charge in [-0.3, -0.25) is 4.79 Å². The molecule has 3 aliphatic rings. The van der Waals surface area contributed by atoms with Gasteiger partial charge in [-0.2, -0.15) is 0 Å². The number of hydrogen-bond donors (Lipinski definition) is 2. The number of nitrogens with one attached hydrogen (secondary N) is 1. The highest BCUT2D eigenvalue weighted by Gasteiger charge is 2.58. The normalized spacial score (nSPS) is 31.2. The van der Waals surface area contributed by atoms with Gasteiger partial charge in [0.05, 0.1) is 0 Å². The summed E-state index contributed by atoms with van der Waals surface area (Å²) in [7, 11) is 0. The molecule has 0 aromatic heterocycles. The molecule has 4 rings (SSSR count). The average Bonchev–Trinajstić information content (AvgIpc) is 3.12. The lowest BCUT2D eigenvalue weighted by atomic mass is 9.73. The zero-order valence-corrected chi connectivity index (χ0v) is 15.9. The summed E-state index contributed by atoms with van der Waals surface area (Å²) < 4.78 is 0.